The van der Waals surface area contributed by atoms with E-state index in [1.54, 1.807) is 7.11 Å². The molecule has 0 aliphatic heterocycles. The molecule has 0 aliphatic carbocycles. The van der Waals surface area contributed by atoms with Crippen molar-refractivity contribution in [3.05, 3.63) is 66.5 Å². The standard InChI is InChI=1S/C20H20N6O/c1-27-16-9-7-14(8-10-16)11-12-21-18-17-19(23-13-22-18)26-20(25-17)24-15-5-3-2-4-6-15/h2-10,13H,11-12H2,1H3,(H3,21,22,23,24,25,26). The molecule has 27 heavy (non-hydrogen) atoms. The van der Waals surface area contributed by atoms with Crippen molar-refractivity contribution in [2.75, 3.05) is 24.3 Å². The molecule has 136 valence electrons. The van der Waals surface area contributed by atoms with Gasteiger partial charge in [0, 0.05) is 12.2 Å². The molecule has 4 rings (SSSR count). The topological polar surface area (TPSA) is 87.8 Å². The fraction of sp³-hybridized carbons (Fsp3) is 0.150. The third-order valence-corrected chi connectivity index (χ3v) is 4.19. The summed E-state index contributed by atoms with van der Waals surface area (Å²) in [6, 6.07) is 17.9. The van der Waals surface area contributed by atoms with Crippen LogP contribution in [0.4, 0.5) is 17.5 Å². The monoisotopic (exact) mass is 360 g/mol. The summed E-state index contributed by atoms with van der Waals surface area (Å²) in [5, 5.41) is 6.60. The van der Waals surface area contributed by atoms with Crippen molar-refractivity contribution in [1.29, 1.82) is 0 Å². The number of imidazole rings is 1. The van der Waals surface area contributed by atoms with Gasteiger partial charge in [-0.2, -0.15) is 4.98 Å². The molecule has 2 aromatic carbocycles. The first-order valence-electron chi connectivity index (χ1n) is 8.71. The Hall–Kier alpha value is -3.61. The van der Waals surface area contributed by atoms with E-state index in [9.17, 15) is 0 Å². The normalized spacial score (nSPS) is 10.7. The Balaban J connectivity index is 1.45. The average Bonchev–Trinajstić information content (AvgIpc) is 3.12. The third-order valence-electron chi connectivity index (χ3n) is 4.19. The van der Waals surface area contributed by atoms with Crippen molar-refractivity contribution in [1.82, 2.24) is 19.9 Å². The third kappa shape index (κ3) is 3.98. The summed E-state index contributed by atoms with van der Waals surface area (Å²) < 4.78 is 5.19. The molecule has 0 amide bonds. The van der Waals surface area contributed by atoms with Crippen LogP contribution in [0, 0.1) is 0 Å². The number of para-hydroxylation sites is 1. The number of H-pyrrole nitrogens is 1. The zero-order valence-corrected chi connectivity index (χ0v) is 14.9. The molecule has 7 heteroatoms. The number of nitrogens with one attached hydrogen (secondary N) is 3. The van der Waals surface area contributed by atoms with E-state index in [1.165, 1.54) is 11.9 Å². The van der Waals surface area contributed by atoms with Gasteiger partial charge in [-0.15, -0.1) is 0 Å². The maximum absolute atomic E-state index is 5.19. The van der Waals surface area contributed by atoms with Crippen molar-refractivity contribution in [3.8, 4) is 5.75 Å². The van der Waals surface area contributed by atoms with E-state index in [0.29, 0.717) is 11.6 Å². The fourth-order valence-electron chi connectivity index (χ4n) is 2.80. The Morgan fingerprint density at radius 2 is 1.81 bits per heavy atom. The van der Waals surface area contributed by atoms with Crippen LogP contribution in [0.2, 0.25) is 0 Å². The molecule has 0 saturated carbocycles. The number of nitrogens with zero attached hydrogens (tertiary/aromatic N) is 3. The number of rotatable bonds is 7. The number of aromatic amines is 1. The number of hydrogen-bond acceptors (Lipinski definition) is 6. The summed E-state index contributed by atoms with van der Waals surface area (Å²) in [5.74, 6) is 2.23. The highest BCUT2D eigenvalue weighted by Gasteiger charge is 2.09. The lowest BCUT2D eigenvalue weighted by atomic mass is 10.1. The van der Waals surface area contributed by atoms with Gasteiger partial charge in [0.1, 0.15) is 17.6 Å². The highest BCUT2D eigenvalue weighted by Crippen LogP contribution is 2.21. The molecule has 0 radical (unpaired) electrons. The molecule has 0 atom stereocenters. The lowest BCUT2D eigenvalue weighted by Crippen LogP contribution is -2.07. The van der Waals surface area contributed by atoms with Crippen LogP contribution < -0.4 is 15.4 Å². The molecule has 3 N–H and O–H groups in total. The molecule has 0 unspecified atom stereocenters. The molecule has 7 nitrogen and oxygen atoms in total. The molecule has 2 heterocycles. The van der Waals surface area contributed by atoms with Gasteiger partial charge in [-0.3, -0.25) is 0 Å². The second kappa shape index (κ2) is 7.74. The van der Waals surface area contributed by atoms with Gasteiger partial charge in [-0.1, -0.05) is 30.3 Å². The first-order chi connectivity index (χ1) is 13.3. The van der Waals surface area contributed by atoms with Crippen LogP contribution in [-0.4, -0.2) is 33.6 Å². The van der Waals surface area contributed by atoms with E-state index >= 15 is 0 Å². The lowest BCUT2D eigenvalue weighted by Gasteiger charge is -2.07. The van der Waals surface area contributed by atoms with Crippen LogP contribution in [0.25, 0.3) is 11.2 Å². The van der Waals surface area contributed by atoms with Gasteiger partial charge in [0.2, 0.25) is 5.95 Å². The molecule has 4 aromatic rings. The first kappa shape index (κ1) is 16.8. The van der Waals surface area contributed by atoms with Crippen LogP contribution in [0.15, 0.2) is 60.9 Å². The van der Waals surface area contributed by atoms with E-state index in [1.807, 2.05) is 42.5 Å². The molecular weight excluding hydrogens is 340 g/mol. The van der Waals surface area contributed by atoms with Crippen LogP contribution in [-0.2, 0) is 6.42 Å². The Bertz CT molecular complexity index is 1010. The van der Waals surface area contributed by atoms with Crippen LogP contribution in [0.5, 0.6) is 5.75 Å². The minimum atomic E-state index is 0.621. The van der Waals surface area contributed by atoms with Crippen LogP contribution in [0.1, 0.15) is 5.56 Å². The first-order valence-corrected chi connectivity index (χ1v) is 8.71. The lowest BCUT2D eigenvalue weighted by molar-refractivity contribution is 0.414. The zero-order valence-electron chi connectivity index (χ0n) is 14.9. The quantitative estimate of drug-likeness (QED) is 0.465. The van der Waals surface area contributed by atoms with E-state index in [2.05, 4.69) is 42.7 Å². The molecule has 0 bridgehead atoms. The van der Waals surface area contributed by atoms with E-state index in [0.717, 1.165) is 35.7 Å². The smallest absolute Gasteiger partial charge is 0.207 e. The Morgan fingerprint density at radius 3 is 2.59 bits per heavy atom. The fourth-order valence-corrected chi connectivity index (χ4v) is 2.80. The van der Waals surface area contributed by atoms with Gasteiger partial charge in [-0.25, -0.2) is 9.97 Å². The molecule has 0 fully saturated rings. The summed E-state index contributed by atoms with van der Waals surface area (Å²) >= 11 is 0. The van der Waals surface area contributed by atoms with Gasteiger partial charge in [0.15, 0.2) is 11.5 Å². The van der Waals surface area contributed by atoms with Crippen LogP contribution in [0.3, 0.4) is 0 Å². The SMILES string of the molecule is COc1ccc(CCNc2ncnc3nc(Nc4ccccc4)[nH]c23)cc1. The van der Waals surface area contributed by atoms with Gasteiger partial charge in [0.05, 0.1) is 7.11 Å². The number of benzene rings is 2. The predicted octanol–water partition coefficient (Wildman–Crippen LogP) is 3.76. The van der Waals surface area contributed by atoms with Gasteiger partial charge in [-0.05, 0) is 36.2 Å². The Kier molecular flexibility index (Phi) is 4.82. The number of hydrogen-bond donors (Lipinski definition) is 3. The van der Waals surface area contributed by atoms with Gasteiger partial charge >= 0.3 is 0 Å². The maximum atomic E-state index is 5.19. The van der Waals surface area contributed by atoms with Crippen molar-refractivity contribution in [3.63, 3.8) is 0 Å². The van der Waals surface area contributed by atoms with Crippen LogP contribution >= 0.6 is 0 Å². The largest absolute Gasteiger partial charge is 0.497 e. The number of aromatic nitrogens is 4. The van der Waals surface area contributed by atoms with Gasteiger partial charge in [0.25, 0.3) is 0 Å². The summed E-state index contributed by atoms with van der Waals surface area (Å²) in [6.07, 6.45) is 2.39. The summed E-state index contributed by atoms with van der Waals surface area (Å²) in [7, 11) is 1.67. The highest BCUT2D eigenvalue weighted by molar-refractivity contribution is 5.84. The van der Waals surface area contributed by atoms with E-state index < -0.39 is 0 Å². The molecule has 2 aromatic heterocycles. The number of anilines is 3. The number of methoxy groups -OCH3 is 1. The number of fused-ring (bicyclic) bond motifs is 1. The van der Waals surface area contributed by atoms with Crippen molar-refractivity contribution < 1.29 is 4.74 Å². The van der Waals surface area contributed by atoms with E-state index in [4.69, 9.17) is 4.74 Å². The van der Waals surface area contributed by atoms with Crippen molar-refractivity contribution >= 4 is 28.6 Å². The maximum Gasteiger partial charge on any atom is 0.207 e. The second-order valence-electron chi connectivity index (χ2n) is 6.02. The molecule has 0 aliphatic rings. The summed E-state index contributed by atoms with van der Waals surface area (Å²) in [6.45, 7) is 0.749. The average molecular weight is 360 g/mol. The Morgan fingerprint density at radius 1 is 1.00 bits per heavy atom. The van der Waals surface area contributed by atoms with Crippen molar-refractivity contribution in [2.24, 2.45) is 0 Å². The molecule has 0 spiro atoms. The highest BCUT2D eigenvalue weighted by atomic mass is 16.5. The second-order valence-corrected chi connectivity index (χ2v) is 6.02. The molecule has 0 saturated heterocycles. The van der Waals surface area contributed by atoms with Gasteiger partial charge < -0.3 is 20.4 Å². The summed E-state index contributed by atoms with van der Waals surface area (Å²) in [4.78, 5) is 16.3. The summed E-state index contributed by atoms with van der Waals surface area (Å²) in [5.41, 5.74) is 3.59. The zero-order chi connectivity index (χ0) is 18.5. The minimum Gasteiger partial charge on any atom is -0.497 e. The van der Waals surface area contributed by atoms with Crippen molar-refractivity contribution in [2.45, 2.75) is 6.42 Å². The number of ether oxygens (including phenoxy) is 1. The van der Waals surface area contributed by atoms with E-state index in [-0.39, 0.29) is 0 Å². The predicted molar refractivity (Wildman–Crippen MR) is 107 cm³/mol. The molecular formula is C20H20N6O. The minimum absolute atomic E-state index is 0.621. The Labute approximate surface area is 156 Å².